The van der Waals surface area contributed by atoms with Crippen LogP contribution in [-0.4, -0.2) is 227 Å². The lowest BCUT2D eigenvalue weighted by Crippen LogP contribution is -2.37. The van der Waals surface area contributed by atoms with Crippen molar-refractivity contribution >= 4 is 42.5 Å². The molecule has 0 radical (unpaired) electrons. The standard InChI is InChI=1S/C37H74N8O15.2ClH/c38-4-6-41-35(46)1-11-49-17-23-55-30-33-59-27-21-53-15-9-45(37(48)3-13-51-19-25-57-29-32-58-26-20-52-14-8-43-44-40)10-16-54-22-28-60-34-31-56-24-18-50-12-2-36(47)42-7-5-39;;/h1-34,38-39H2,(H,41,46)(H,42,47);2*1H. The number of halogens is 2. The van der Waals surface area contributed by atoms with Gasteiger partial charge in [0.05, 0.1) is 165 Å². The first-order chi connectivity index (χ1) is 29.5. The fraction of sp³-hybridized carbons (Fsp3) is 0.919. The van der Waals surface area contributed by atoms with Crippen molar-refractivity contribution in [2.75, 3.05) is 204 Å². The monoisotopic (exact) mass is 942 g/mol. The van der Waals surface area contributed by atoms with Crippen molar-refractivity contribution in [3.05, 3.63) is 10.4 Å². The third-order valence-corrected chi connectivity index (χ3v) is 7.45. The summed E-state index contributed by atoms with van der Waals surface area (Å²) in [5, 5.41) is 8.74. The molecule has 3 amide bonds. The molecule has 25 heteroatoms. The number of hydrogen-bond donors (Lipinski definition) is 4. The van der Waals surface area contributed by atoms with Crippen LogP contribution in [0, 0.1) is 0 Å². The van der Waals surface area contributed by atoms with Crippen molar-refractivity contribution in [3.63, 3.8) is 0 Å². The zero-order valence-electron chi connectivity index (χ0n) is 36.4. The van der Waals surface area contributed by atoms with E-state index < -0.39 is 0 Å². The van der Waals surface area contributed by atoms with Crippen LogP contribution in [0.5, 0.6) is 0 Å². The molecule has 0 saturated heterocycles. The Balaban J connectivity index is -0.0000174. The Morgan fingerprint density at radius 2 is 0.710 bits per heavy atom. The van der Waals surface area contributed by atoms with Gasteiger partial charge in [0.25, 0.3) is 0 Å². The van der Waals surface area contributed by atoms with Crippen molar-refractivity contribution in [3.8, 4) is 0 Å². The van der Waals surface area contributed by atoms with E-state index in [0.717, 1.165) is 0 Å². The molecule has 0 aromatic rings. The van der Waals surface area contributed by atoms with Crippen LogP contribution in [0.25, 0.3) is 10.4 Å². The molecular formula is C37H76Cl2N8O15. The van der Waals surface area contributed by atoms with E-state index in [2.05, 4.69) is 20.7 Å². The lowest BCUT2D eigenvalue weighted by molar-refractivity contribution is -0.134. The van der Waals surface area contributed by atoms with E-state index in [1.54, 1.807) is 4.90 Å². The third-order valence-electron chi connectivity index (χ3n) is 7.45. The van der Waals surface area contributed by atoms with Crippen LogP contribution in [0.2, 0.25) is 0 Å². The van der Waals surface area contributed by atoms with E-state index in [0.29, 0.717) is 191 Å². The minimum absolute atomic E-state index is 0. The first-order valence-corrected chi connectivity index (χ1v) is 20.7. The maximum Gasteiger partial charge on any atom is 0.225 e. The number of rotatable bonds is 49. The number of nitrogens with zero attached hydrogens (tertiary/aromatic N) is 4. The molecule has 0 aliphatic heterocycles. The highest BCUT2D eigenvalue weighted by Crippen LogP contribution is 1.98. The summed E-state index contributed by atoms with van der Waals surface area (Å²) in [7, 11) is 0. The number of azide groups is 1. The Kier molecular flexibility index (Phi) is 56.7. The average Bonchev–Trinajstić information content (AvgIpc) is 3.25. The first-order valence-electron chi connectivity index (χ1n) is 20.7. The molecule has 368 valence electrons. The maximum atomic E-state index is 13.0. The van der Waals surface area contributed by atoms with Gasteiger partial charge in [0.2, 0.25) is 17.7 Å². The van der Waals surface area contributed by atoms with Crippen LogP contribution >= 0.6 is 24.8 Å². The number of ether oxygens (including phenoxy) is 12. The zero-order valence-corrected chi connectivity index (χ0v) is 38.1. The van der Waals surface area contributed by atoms with Crippen molar-refractivity contribution < 1.29 is 71.2 Å². The van der Waals surface area contributed by atoms with Crippen LogP contribution in [0.1, 0.15) is 19.3 Å². The van der Waals surface area contributed by atoms with E-state index in [4.69, 9.17) is 73.8 Å². The molecule has 6 N–H and O–H groups in total. The van der Waals surface area contributed by atoms with Gasteiger partial charge in [-0.25, -0.2) is 0 Å². The van der Waals surface area contributed by atoms with Gasteiger partial charge in [0.15, 0.2) is 0 Å². The van der Waals surface area contributed by atoms with Crippen molar-refractivity contribution in [1.82, 2.24) is 15.5 Å². The maximum absolute atomic E-state index is 13.0. The predicted octanol–water partition coefficient (Wildman–Crippen LogP) is -0.512. The lowest BCUT2D eigenvalue weighted by atomic mass is 10.3. The van der Waals surface area contributed by atoms with E-state index in [1.807, 2.05) is 0 Å². The number of carbonyl (C=O) groups excluding carboxylic acids is 3. The normalized spacial score (nSPS) is 10.7. The van der Waals surface area contributed by atoms with Gasteiger partial charge in [-0.05, 0) is 5.53 Å². The first kappa shape index (κ1) is 64.0. The number of hydrogen-bond acceptors (Lipinski definition) is 18. The Morgan fingerprint density at radius 3 is 1.02 bits per heavy atom. The molecule has 0 unspecified atom stereocenters. The number of nitrogens with two attached hydrogens (primary N) is 2. The van der Waals surface area contributed by atoms with Crippen LogP contribution in [0.15, 0.2) is 5.11 Å². The molecular weight excluding hydrogens is 867 g/mol. The summed E-state index contributed by atoms with van der Waals surface area (Å²) >= 11 is 0. The second-order valence-corrected chi connectivity index (χ2v) is 12.2. The van der Waals surface area contributed by atoms with Crippen molar-refractivity contribution in [1.29, 1.82) is 0 Å². The number of nitrogens with one attached hydrogen (secondary N) is 2. The largest absolute Gasteiger partial charge is 0.379 e. The summed E-state index contributed by atoms with van der Waals surface area (Å²) in [6.07, 6.45) is 0.753. The molecule has 0 fully saturated rings. The molecule has 0 bridgehead atoms. The Bertz CT molecular complexity index is 987. The summed E-state index contributed by atoms with van der Waals surface area (Å²) in [5.41, 5.74) is 18.9. The molecule has 0 rings (SSSR count). The van der Waals surface area contributed by atoms with E-state index >= 15 is 0 Å². The van der Waals surface area contributed by atoms with Gasteiger partial charge in [-0.3, -0.25) is 14.4 Å². The Morgan fingerprint density at radius 1 is 0.435 bits per heavy atom. The Hall–Kier alpha value is -2.26. The van der Waals surface area contributed by atoms with E-state index in [-0.39, 0.29) is 74.9 Å². The van der Waals surface area contributed by atoms with Gasteiger partial charge in [-0.2, -0.15) is 0 Å². The van der Waals surface area contributed by atoms with Crippen LogP contribution in [0.4, 0.5) is 0 Å². The van der Waals surface area contributed by atoms with Crippen molar-refractivity contribution in [2.24, 2.45) is 16.6 Å². The quantitative estimate of drug-likeness (QED) is 0.0259. The summed E-state index contributed by atoms with van der Waals surface area (Å²) in [4.78, 5) is 40.3. The average molecular weight is 944 g/mol. The van der Waals surface area contributed by atoms with Crippen LogP contribution in [0.3, 0.4) is 0 Å². The summed E-state index contributed by atoms with van der Waals surface area (Å²) in [6, 6.07) is 0. The summed E-state index contributed by atoms with van der Waals surface area (Å²) in [5.74, 6) is -0.271. The minimum Gasteiger partial charge on any atom is -0.379 e. The molecule has 0 aliphatic rings. The van der Waals surface area contributed by atoms with Gasteiger partial charge in [0, 0.05) is 63.6 Å². The molecule has 0 heterocycles. The zero-order chi connectivity index (χ0) is 43.7. The highest BCUT2D eigenvalue weighted by molar-refractivity contribution is 5.85. The summed E-state index contributed by atoms with van der Waals surface area (Å²) in [6.45, 7) is 11.6. The fourth-order valence-corrected chi connectivity index (χ4v) is 4.39. The second-order valence-electron chi connectivity index (χ2n) is 12.2. The predicted molar refractivity (Wildman–Crippen MR) is 233 cm³/mol. The third kappa shape index (κ3) is 50.4. The van der Waals surface area contributed by atoms with Crippen LogP contribution < -0.4 is 22.1 Å². The molecule has 0 spiro atoms. The van der Waals surface area contributed by atoms with Gasteiger partial charge < -0.3 is 83.8 Å². The number of carbonyl (C=O) groups is 3. The van der Waals surface area contributed by atoms with Gasteiger partial charge in [0.1, 0.15) is 0 Å². The summed E-state index contributed by atoms with van der Waals surface area (Å²) < 4.78 is 65.9. The lowest BCUT2D eigenvalue weighted by Gasteiger charge is -2.23. The smallest absolute Gasteiger partial charge is 0.225 e. The highest BCUT2D eigenvalue weighted by Gasteiger charge is 2.13. The minimum atomic E-state index is -0.0927. The molecule has 62 heavy (non-hydrogen) atoms. The van der Waals surface area contributed by atoms with E-state index in [1.165, 1.54) is 0 Å². The van der Waals surface area contributed by atoms with Crippen molar-refractivity contribution in [2.45, 2.75) is 19.3 Å². The molecule has 0 saturated carbocycles. The molecule has 0 atom stereocenters. The van der Waals surface area contributed by atoms with Crippen LogP contribution in [-0.2, 0) is 71.2 Å². The highest BCUT2D eigenvalue weighted by atomic mass is 35.5. The van der Waals surface area contributed by atoms with E-state index in [9.17, 15) is 14.4 Å². The van der Waals surface area contributed by atoms with Gasteiger partial charge >= 0.3 is 0 Å². The molecule has 0 aromatic carbocycles. The number of amides is 3. The second kappa shape index (κ2) is 54.9. The molecule has 0 aliphatic carbocycles. The SMILES string of the molecule is Cl.Cl.[N-]=[N+]=NCCOCCOCCOCCOCCC(=O)N(CCOCCOCCOCCOCCC(=O)NCCN)CCOCCOCCOCCOCCC(=O)NCCN. The van der Waals surface area contributed by atoms with Gasteiger partial charge in [-0.15, -0.1) is 24.8 Å². The molecule has 23 nitrogen and oxygen atoms in total. The fourth-order valence-electron chi connectivity index (χ4n) is 4.39. The molecule has 0 aromatic heterocycles. The van der Waals surface area contributed by atoms with Gasteiger partial charge in [-0.1, -0.05) is 5.11 Å². The Labute approximate surface area is 379 Å². The topological polar surface area (TPSA) is 290 Å².